The summed E-state index contributed by atoms with van der Waals surface area (Å²) in [4.78, 5) is 2.45. The van der Waals surface area contributed by atoms with Crippen LogP contribution in [0.4, 0.5) is 0 Å². The van der Waals surface area contributed by atoms with Crippen molar-refractivity contribution >= 4 is 0 Å². The van der Waals surface area contributed by atoms with Crippen LogP contribution in [0, 0.1) is 0 Å². The molecular formula is C11H22N2O2. The summed E-state index contributed by atoms with van der Waals surface area (Å²) in [6.07, 6.45) is 3.12. The van der Waals surface area contributed by atoms with Gasteiger partial charge in [0.2, 0.25) is 0 Å². The van der Waals surface area contributed by atoms with E-state index in [1.54, 1.807) is 0 Å². The van der Waals surface area contributed by atoms with Crippen LogP contribution in [0.25, 0.3) is 0 Å². The van der Waals surface area contributed by atoms with Crippen molar-refractivity contribution in [3.63, 3.8) is 0 Å². The Morgan fingerprint density at radius 3 is 2.27 bits per heavy atom. The maximum atomic E-state index is 6.34. The first kappa shape index (κ1) is 11.3. The molecule has 0 atom stereocenters. The molecule has 0 aromatic rings. The van der Waals surface area contributed by atoms with E-state index in [0.717, 1.165) is 65.3 Å². The Morgan fingerprint density at radius 2 is 1.60 bits per heavy atom. The van der Waals surface area contributed by atoms with Gasteiger partial charge in [0.05, 0.1) is 13.2 Å². The fourth-order valence-corrected chi connectivity index (χ4v) is 2.23. The van der Waals surface area contributed by atoms with Gasteiger partial charge in [-0.2, -0.15) is 0 Å². The van der Waals surface area contributed by atoms with Crippen LogP contribution in [-0.2, 0) is 9.47 Å². The van der Waals surface area contributed by atoms with Crippen LogP contribution < -0.4 is 5.73 Å². The summed E-state index contributed by atoms with van der Waals surface area (Å²) >= 11 is 0. The van der Waals surface area contributed by atoms with Gasteiger partial charge in [0.25, 0.3) is 0 Å². The van der Waals surface area contributed by atoms with Gasteiger partial charge in [-0.05, 0) is 19.3 Å². The third kappa shape index (κ3) is 3.41. The first-order valence-corrected chi connectivity index (χ1v) is 5.95. The molecule has 0 spiro atoms. The highest BCUT2D eigenvalue weighted by molar-refractivity contribution is 4.87. The SMILES string of the molecule is NC1(CCN2CCOCC2)CCOCC1. The van der Waals surface area contributed by atoms with E-state index < -0.39 is 0 Å². The molecule has 2 aliphatic rings. The zero-order chi connectivity index (χ0) is 10.6. The molecule has 4 heteroatoms. The third-order valence-electron chi connectivity index (χ3n) is 3.52. The van der Waals surface area contributed by atoms with E-state index in [1.807, 2.05) is 0 Å². The summed E-state index contributed by atoms with van der Waals surface area (Å²) in [5.41, 5.74) is 6.36. The number of hydrogen-bond donors (Lipinski definition) is 1. The summed E-state index contributed by atoms with van der Waals surface area (Å²) in [5, 5.41) is 0. The number of rotatable bonds is 3. The molecule has 2 N–H and O–H groups in total. The molecule has 0 aromatic heterocycles. The summed E-state index contributed by atoms with van der Waals surface area (Å²) in [7, 11) is 0. The zero-order valence-corrected chi connectivity index (χ0v) is 9.41. The molecule has 0 bridgehead atoms. The molecule has 0 aliphatic carbocycles. The Kier molecular flexibility index (Phi) is 3.97. The second kappa shape index (κ2) is 5.25. The predicted octanol–water partition coefficient (Wildman–Crippen LogP) is 0.217. The van der Waals surface area contributed by atoms with E-state index >= 15 is 0 Å². The van der Waals surface area contributed by atoms with Gasteiger partial charge in [0, 0.05) is 38.4 Å². The molecule has 2 fully saturated rings. The number of morpholine rings is 1. The molecule has 2 heterocycles. The number of nitrogens with two attached hydrogens (primary N) is 1. The Balaban J connectivity index is 1.70. The highest BCUT2D eigenvalue weighted by Gasteiger charge is 2.28. The highest BCUT2D eigenvalue weighted by Crippen LogP contribution is 2.21. The predicted molar refractivity (Wildman–Crippen MR) is 58.8 cm³/mol. The lowest BCUT2D eigenvalue weighted by atomic mass is 9.87. The van der Waals surface area contributed by atoms with Crippen molar-refractivity contribution < 1.29 is 9.47 Å². The van der Waals surface area contributed by atoms with Crippen LogP contribution in [0.15, 0.2) is 0 Å². The molecule has 2 rings (SSSR count). The first-order valence-electron chi connectivity index (χ1n) is 5.95. The third-order valence-corrected chi connectivity index (χ3v) is 3.52. The minimum Gasteiger partial charge on any atom is -0.381 e. The molecule has 0 aromatic carbocycles. The molecular weight excluding hydrogens is 192 g/mol. The quantitative estimate of drug-likeness (QED) is 0.730. The van der Waals surface area contributed by atoms with Gasteiger partial charge >= 0.3 is 0 Å². The van der Waals surface area contributed by atoms with Crippen molar-refractivity contribution in [1.29, 1.82) is 0 Å². The fourth-order valence-electron chi connectivity index (χ4n) is 2.23. The smallest absolute Gasteiger partial charge is 0.0594 e. The largest absolute Gasteiger partial charge is 0.381 e. The fraction of sp³-hybridized carbons (Fsp3) is 1.00. The lowest BCUT2D eigenvalue weighted by molar-refractivity contribution is 0.0210. The summed E-state index contributed by atoms with van der Waals surface area (Å²) in [5.74, 6) is 0. The molecule has 2 aliphatic heterocycles. The molecule has 88 valence electrons. The lowest BCUT2D eigenvalue weighted by Gasteiger charge is -2.36. The van der Waals surface area contributed by atoms with Crippen LogP contribution in [0.3, 0.4) is 0 Å². The average Bonchev–Trinajstić information content (AvgIpc) is 2.29. The Hall–Kier alpha value is -0.160. The van der Waals surface area contributed by atoms with Crippen LogP contribution in [0.2, 0.25) is 0 Å². The maximum absolute atomic E-state index is 6.34. The second-order valence-corrected chi connectivity index (χ2v) is 4.68. The number of ether oxygens (including phenoxy) is 2. The van der Waals surface area contributed by atoms with Gasteiger partial charge in [0.1, 0.15) is 0 Å². The lowest BCUT2D eigenvalue weighted by Crippen LogP contribution is -2.48. The van der Waals surface area contributed by atoms with Crippen molar-refractivity contribution in [2.75, 3.05) is 46.1 Å². The minimum absolute atomic E-state index is 0.0244. The van der Waals surface area contributed by atoms with Crippen LogP contribution in [-0.4, -0.2) is 56.5 Å². The van der Waals surface area contributed by atoms with E-state index in [1.165, 1.54) is 0 Å². The Morgan fingerprint density at radius 1 is 1.00 bits per heavy atom. The van der Waals surface area contributed by atoms with Crippen LogP contribution >= 0.6 is 0 Å². The monoisotopic (exact) mass is 214 g/mol. The highest BCUT2D eigenvalue weighted by atomic mass is 16.5. The molecule has 0 amide bonds. The van der Waals surface area contributed by atoms with E-state index in [4.69, 9.17) is 15.2 Å². The second-order valence-electron chi connectivity index (χ2n) is 4.68. The van der Waals surface area contributed by atoms with Crippen molar-refractivity contribution in [3.05, 3.63) is 0 Å². The molecule has 0 unspecified atom stereocenters. The van der Waals surface area contributed by atoms with Crippen molar-refractivity contribution in [1.82, 2.24) is 4.90 Å². The molecule has 15 heavy (non-hydrogen) atoms. The molecule has 2 saturated heterocycles. The van der Waals surface area contributed by atoms with E-state index in [9.17, 15) is 0 Å². The van der Waals surface area contributed by atoms with E-state index in [0.29, 0.717) is 0 Å². The molecule has 4 nitrogen and oxygen atoms in total. The van der Waals surface area contributed by atoms with Gasteiger partial charge in [-0.25, -0.2) is 0 Å². The number of nitrogens with zero attached hydrogens (tertiary/aromatic N) is 1. The van der Waals surface area contributed by atoms with Gasteiger partial charge in [-0.1, -0.05) is 0 Å². The Labute approximate surface area is 91.7 Å². The first-order chi connectivity index (χ1) is 7.29. The Bertz CT molecular complexity index is 187. The van der Waals surface area contributed by atoms with Gasteiger partial charge in [-0.3, -0.25) is 4.90 Å². The summed E-state index contributed by atoms with van der Waals surface area (Å²) < 4.78 is 10.7. The standard InChI is InChI=1S/C11H22N2O2/c12-11(2-7-14-8-3-11)1-4-13-5-9-15-10-6-13/h1-10,12H2. The van der Waals surface area contributed by atoms with Crippen molar-refractivity contribution in [2.24, 2.45) is 5.73 Å². The minimum atomic E-state index is 0.0244. The average molecular weight is 214 g/mol. The van der Waals surface area contributed by atoms with Crippen molar-refractivity contribution in [2.45, 2.75) is 24.8 Å². The van der Waals surface area contributed by atoms with E-state index in [-0.39, 0.29) is 5.54 Å². The maximum Gasteiger partial charge on any atom is 0.0594 e. The van der Waals surface area contributed by atoms with Gasteiger partial charge in [-0.15, -0.1) is 0 Å². The zero-order valence-electron chi connectivity index (χ0n) is 9.41. The molecule has 0 radical (unpaired) electrons. The van der Waals surface area contributed by atoms with Crippen molar-refractivity contribution in [3.8, 4) is 0 Å². The molecule has 0 saturated carbocycles. The normalized spacial score (nSPS) is 27.8. The van der Waals surface area contributed by atoms with Gasteiger partial charge in [0.15, 0.2) is 0 Å². The van der Waals surface area contributed by atoms with Crippen LogP contribution in [0.5, 0.6) is 0 Å². The van der Waals surface area contributed by atoms with Crippen LogP contribution in [0.1, 0.15) is 19.3 Å². The topological polar surface area (TPSA) is 47.7 Å². The van der Waals surface area contributed by atoms with E-state index in [2.05, 4.69) is 4.90 Å². The van der Waals surface area contributed by atoms with Gasteiger partial charge < -0.3 is 15.2 Å². The number of hydrogen-bond acceptors (Lipinski definition) is 4. The summed E-state index contributed by atoms with van der Waals surface area (Å²) in [6, 6.07) is 0. The summed E-state index contributed by atoms with van der Waals surface area (Å²) in [6.45, 7) is 6.65.